The molecule has 0 spiro atoms. The molecule has 0 heteroatoms. The van der Waals surface area contributed by atoms with Gasteiger partial charge in [0.25, 0.3) is 0 Å². The van der Waals surface area contributed by atoms with Crippen LogP contribution in [0, 0.1) is 11.8 Å². The Hall–Kier alpha value is -0.780. The Labute approximate surface area is 82.0 Å². The third-order valence-electron chi connectivity index (χ3n) is 2.89. The standard InChI is InChI=1S/C13H20/c1-5-7-11-8-9-13(10(3)4)12(11)6-2/h5-7,10,13H,2,8-9H2,1,3-4H3/b7-5-. The minimum atomic E-state index is 0.740. The van der Waals surface area contributed by atoms with Gasteiger partial charge >= 0.3 is 0 Å². The quantitative estimate of drug-likeness (QED) is 0.607. The lowest BCUT2D eigenvalue weighted by Gasteiger charge is -2.16. The molecule has 0 aromatic heterocycles. The first-order chi connectivity index (χ1) is 6.20. The molecule has 1 atom stereocenters. The molecule has 0 amide bonds. The monoisotopic (exact) mass is 176 g/mol. The number of hydrogen-bond acceptors (Lipinski definition) is 0. The van der Waals surface area contributed by atoms with Crippen LogP contribution >= 0.6 is 0 Å². The van der Waals surface area contributed by atoms with Gasteiger partial charge in [0.1, 0.15) is 0 Å². The fourth-order valence-corrected chi connectivity index (χ4v) is 2.20. The summed E-state index contributed by atoms with van der Waals surface area (Å²) in [5.41, 5.74) is 2.98. The van der Waals surface area contributed by atoms with Gasteiger partial charge in [-0.25, -0.2) is 0 Å². The average Bonchev–Trinajstić information content (AvgIpc) is 2.48. The second-order valence-electron chi connectivity index (χ2n) is 4.07. The normalized spacial score (nSPS) is 23.5. The maximum Gasteiger partial charge on any atom is -0.0133 e. The van der Waals surface area contributed by atoms with Gasteiger partial charge in [-0.15, -0.1) is 0 Å². The molecule has 1 unspecified atom stereocenters. The van der Waals surface area contributed by atoms with Crippen LogP contribution in [0.4, 0.5) is 0 Å². The van der Waals surface area contributed by atoms with Crippen molar-refractivity contribution in [3.63, 3.8) is 0 Å². The molecule has 0 aromatic carbocycles. The Balaban J connectivity index is 2.91. The summed E-state index contributed by atoms with van der Waals surface area (Å²) >= 11 is 0. The van der Waals surface area contributed by atoms with Crippen LogP contribution < -0.4 is 0 Å². The summed E-state index contributed by atoms with van der Waals surface area (Å²) in [4.78, 5) is 0. The van der Waals surface area contributed by atoms with Crippen LogP contribution in [-0.4, -0.2) is 0 Å². The topological polar surface area (TPSA) is 0 Å². The highest BCUT2D eigenvalue weighted by atomic mass is 14.3. The highest BCUT2D eigenvalue weighted by Crippen LogP contribution is 2.37. The first-order valence-corrected chi connectivity index (χ1v) is 5.18. The van der Waals surface area contributed by atoms with Crippen molar-refractivity contribution in [2.45, 2.75) is 33.6 Å². The van der Waals surface area contributed by atoms with Gasteiger partial charge in [0, 0.05) is 0 Å². The van der Waals surface area contributed by atoms with Gasteiger partial charge < -0.3 is 0 Å². The molecule has 0 saturated carbocycles. The van der Waals surface area contributed by atoms with E-state index in [9.17, 15) is 0 Å². The van der Waals surface area contributed by atoms with Crippen LogP contribution in [0.2, 0.25) is 0 Å². The van der Waals surface area contributed by atoms with E-state index in [0.717, 1.165) is 11.8 Å². The van der Waals surface area contributed by atoms with E-state index in [0.29, 0.717) is 0 Å². The van der Waals surface area contributed by atoms with E-state index in [2.05, 4.69) is 39.5 Å². The summed E-state index contributed by atoms with van der Waals surface area (Å²) in [6, 6.07) is 0. The Morgan fingerprint density at radius 1 is 1.46 bits per heavy atom. The van der Waals surface area contributed by atoms with E-state index in [4.69, 9.17) is 0 Å². The molecular weight excluding hydrogens is 156 g/mol. The molecule has 0 bridgehead atoms. The van der Waals surface area contributed by atoms with Crippen LogP contribution in [0.1, 0.15) is 33.6 Å². The SMILES string of the molecule is C=CC1=C(/C=C\C)CCC1C(C)C. The molecule has 0 radical (unpaired) electrons. The Kier molecular flexibility index (Phi) is 3.53. The van der Waals surface area contributed by atoms with Crippen molar-refractivity contribution in [3.8, 4) is 0 Å². The molecule has 13 heavy (non-hydrogen) atoms. The van der Waals surface area contributed by atoms with Crippen molar-refractivity contribution in [1.82, 2.24) is 0 Å². The van der Waals surface area contributed by atoms with Crippen LogP contribution in [0.25, 0.3) is 0 Å². The lowest BCUT2D eigenvalue weighted by molar-refractivity contribution is 0.446. The molecule has 0 heterocycles. The Morgan fingerprint density at radius 3 is 2.62 bits per heavy atom. The van der Waals surface area contributed by atoms with Crippen molar-refractivity contribution in [2.24, 2.45) is 11.8 Å². The lowest BCUT2D eigenvalue weighted by atomic mass is 9.89. The van der Waals surface area contributed by atoms with Crippen LogP contribution in [0.3, 0.4) is 0 Å². The minimum absolute atomic E-state index is 0.740. The van der Waals surface area contributed by atoms with E-state index < -0.39 is 0 Å². The minimum Gasteiger partial charge on any atom is -0.0988 e. The highest BCUT2D eigenvalue weighted by Gasteiger charge is 2.24. The van der Waals surface area contributed by atoms with Gasteiger partial charge in [-0.3, -0.25) is 0 Å². The second kappa shape index (κ2) is 4.45. The molecule has 0 nitrogen and oxygen atoms in total. The molecule has 0 saturated heterocycles. The Morgan fingerprint density at radius 2 is 2.15 bits per heavy atom. The van der Waals surface area contributed by atoms with Crippen molar-refractivity contribution in [1.29, 1.82) is 0 Å². The average molecular weight is 176 g/mol. The molecule has 72 valence electrons. The summed E-state index contributed by atoms with van der Waals surface area (Å²) in [6.07, 6.45) is 8.95. The van der Waals surface area contributed by atoms with E-state index in [-0.39, 0.29) is 0 Å². The molecule has 1 aliphatic rings. The molecule has 1 aliphatic carbocycles. The van der Waals surface area contributed by atoms with Crippen molar-refractivity contribution < 1.29 is 0 Å². The van der Waals surface area contributed by atoms with Gasteiger partial charge in [-0.05, 0) is 42.7 Å². The zero-order valence-electron chi connectivity index (χ0n) is 9.01. The molecule has 0 aliphatic heterocycles. The third kappa shape index (κ3) is 2.12. The van der Waals surface area contributed by atoms with E-state index in [1.165, 1.54) is 24.0 Å². The first kappa shape index (κ1) is 10.3. The maximum absolute atomic E-state index is 3.92. The van der Waals surface area contributed by atoms with Gasteiger partial charge in [0.05, 0.1) is 0 Å². The molecule has 1 rings (SSSR count). The van der Waals surface area contributed by atoms with Crippen LogP contribution in [-0.2, 0) is 0 Å². The summed E-state index contributed by atoms with van der Waals surface area (Å²) in [7, 11) is 0. The number of allylic oxidation sites excluding steroid dienone is 5. The number of hydrogen-bond donors (Lipinski definition) is 0. The predicted octanol–water partition coefficient (Wildman–Crippen LogP) is 4.11. The van der Waals surface area contributed by atoms with E-state index in [1.807, 2.05) is 6.08 Å². The van der Waals surface area contributed by atoms with E-state index >= 15 is 0 Å². The second-order valence-corrected chi connectivity index (χ2v) is 4.07. The van der Waals surface area contributed by atoms with Crippen LogP contribution in [0.5, 0.6) is 0 Å². The summed E-state index contributed by atoms with van der Waals surface area (Å²) in [5.74, 6) is 1.49. The maximum atomic E-state index is 3.92. The van der Waals surface area contributed by atoms with Crippen molar-refractivity contribution in [3.05, 3.63) is 36.0 Å². The summed E-state index contributed by atoms with van der Waals surface area (Å²) in [6.45, 7) is 10.6. The van der Waals surface area contributed by atoms with Gasteiger partial charge in [-0.2, -0.15) is 0 Å². The summed E-state index contributed by atoms with van der Waals surface area (Å²) in [5, 5.41) is 0. The van der Waals surface area contributed by atoms with Crippen molar-refractivity contribution >= 4 is 0 Å². The van der Waals surface area contributed by atoms with E-state index in [1.54, 1.807) is 0 Å². The molecule has 0 fully saturated rings. The molecule has 0 aromatic rings. The third-order valence-corrected chi connectivity index (χ3v) is 2.89. The lowest BCUT2D eigenvalue weighted by Crippen LogP contribution is -2.06. The number of rotatable bonds is 3. The van der Waals surface area contributed by atoms with Gasteiger partial charge in [0.2, 0.25) is 0 Å². The largest absolute Gasteiger partial charge is 0.0988 e. The van der Waals surface area contributed by atoms with Gasteiger partial charge in [0.15, 0.2) is 0 Å². The zero-order valence-corrected chi connectivity index (χ0v) is 9.01. The summed E-state index contributed by atoms with van der Waals surface area (Å²) < 4.78 is 0. The predicted molar refractivity (Wildman–Crippen MR) is 59.6 cm³/mol. The van der Waals surface area contributed by atoms with Crippen LogP contribution in [0.15, 0.2) is 36.0 Å². The molecular formula is C13H20. The smallest absolute Gasteiger partial charge is 0.0133 e. The highest BCUT2D eigenvalue weighted by molar-refractivity contribution is 5.38. The fraction of sp³-hybridized carbons (Fsp3) is 0.538. The zero-order chi connectivity index (χ0) is 9.84. The van der Waals surface area contributed by atoms with Crippen molar-refractivity contribution in [2.75, 3.05) is 0 Å². The van der Waals surface area contributed by atoms with Gasteiger partial charge in [-0.1, -0.05) is 38.7 Å². The Bertz CT molecular complexity index is 241. The fourth-order valence-electron chi connectivity index (χ4n) is 2.20. The first-order valence-electron chi connectivity index (χ1n) is 5.18. The molecule has 0 N–H and O–H groups in total.